The molecular weight excluding hydrogens is 570 g/mol. The number of carbonyl (C=O) groups is 3. The number of hydrogen-bond donors (Lipinski definition) is 5. The quantitative estimate of drug-likeness (QED) is 0.147. The maximum Gasteiger partial charge on any atom is 0.332 e. The van der Waals surface area contributed by atoms with E-state index in [4.69, 9.17) is 0 Å². The Balaban J connectivity index is 1.92. The molecule has 1 aliphatic rings. The number of amides is 3. The Kier molecular flexibility index (Phi) is 15.3. The molecule has 3 rings (SSSR count). The maximum atomic E-state index is 13.9. The van der Waals surface area contributed by atoms with Crippen molar-refractivity contribution in [3.63, 3.8) is 0 Å². The molecule has 4 atom stereocenters. The normalized spacial score (nSPS) is 16.4. The zero-order valence-corrected chi connectivity index (χ0v) is 27.2. The summed E-state index contributed by atoms with van der Waals surface area (Å²) in [6, 6.07) is 11.8. The van der Waals surface area contributed by atoms with Gasteiger partial charge >= 0.3 is 12.0 Å². The minimum absolute atomic E-state index is 0.162. The molecule has 45 heavy (non-hydrogen) atoms. The van der Waals surface area contributed by atoms with E-state index >= 15 is 0 Å². The van der Waals surface area contributed by atoms with Gasteiger partial charge in [0.25, 0.3) is 0 Å². The highest BCUT2D eigenvalue weighted by atomic mass is 16.4. The first-order chi connectivity index (χ1) is 21.7. The second-order valence-corrected chi connectivity index (χ2v) is 12.6. The molecule has 3 amide bonds. The van der Waals surface area contributed by atoms with Gasteiger partial charge in [-0.3, -0.25) is 9.78 Å². The third-order valence-corrected chi connectivity index (χ3v) is 8.45. The molecule has 1 fully saturated rings. The zero-order chi connectivity index (χ0) is 32.6. The largest absolute Gasteiger partial charge is 0.480 e. The van der Waals surface area contributed by atoms with Crippen LogP contribution in [0.15, 0.2) is 54.7 Å². The molecule has 2 aromatic rings. The minimum Gasteiger partial charge on any atom is -0.480 e. The highest BCUT2D eigenvalue weighted by Crippen LogP contribution is 2.29. The molecule has 1 saturated carbocycles. The van der Waals surface area contributed by atoms with Crippen molar-refractivity contribution in [2.45, 2.75) is 128 Å². The average Bonchev–Trinajstić information content (AvgIpc) is 3.02. The van der Waals surface area contributed by atoms with Gasteiger partial charge in [-0.2, -0.15) is 0 Å². The molecule has 0 aliphatic heterocycles. The Morgan fingerprint density at radius 3 is 2.31 bits per heavy atom. The van der Waals surface area contributed by atoms with Gasteiger partial charge in [-0.05, 0) is 69.6 Å². The number of aliphatic hydroxyl groups is 1. The smallest absolute Gasteiger partial charge is 0.332 e. The fourth-order valence-corrected chi connectivity index (χ4v) is 6.06. The fraction of sp³-hybridized carbons (Fsp3) is 0.600. The average molecular weight is 624 g/mol. The lowest BCUT2D eigenvalue weighted by molar-refractivity contribution is -0.143. The Labute approximate surface area is 268 Å². The number of hydrazine groups is 1. The van der Waals surface area contributed by atoms with Crippen LogP contribution in [0.25, 0.3) is 0 Å². The van der Waals surface area contributed by atoms with E-state index in [1.54, 1.807) is 6.20 Å². The third-order valence-electron chi connectivity index (χ3n) is 8.45. The molecule has 0 unspecified atom stereocenters. The lowest BCUT2D eigenvalue weighted by Gasteiger charge is -2.38. The van der Waals surface area contributed by atoms with Gasteiger partial charge in [-0.1, -0.05) is 81.8 Å². The van der Waals surface area contributed by atoms with E-state index in [1.165, 1.54) is 11.4 Å². The van der Waals surface area contributed by atoms with Crippen LogP contribution in [-0.2, 0) is 22.4 Å². The SMILES string of the molecule is CCC[C@H](NC(=O)[C@H](Cc1ccccc1)N(N[C@@H](CC1CCCCC1)[C@H](O)CCCc1ccccn1)C(=O)NC(C)C)C(=O)O. The van der Waals surface area contributed by atoms with Crippen LogP contribution in [0.1, 0.15) is 96.2 Å². The van der Waals surface area contributed by atoms with Gasteiger partial charge in [0.05, 0.1) is 12.1 Å². The molecule has 0 spiro atoms. The molecular formula is C35H53N5O5. The van der Waals surface area contributed by atoms with Crippen LogP contribution in [0, 0.1) is 5.92 Å². The van der Waals surface area contributed by atoms with E-state index in [0.29, 0.717) is 31.6 Å². The van der Waals surface area contributed by atoms with Crippen LogP contribution in [0.4, 0.5) is 4.79 Å². The third kappa shape index (κ3) is 12.4. The first-order valence-electron chi connectivity index (χ1n) is 16.7. The summed E-state index contributed by atoms with van der Waals surface area (Å²) in [6.45, 7) is 5.55. The summed E-state index contributed by atoms with van der Waals surface area (Å²) >= 11 is 0. The molecule has 1 aromatic heterocycles. The fourth-order valence-electron chi connectivity index (χ4n) is 6.06. The standard InChI is InChI=1S/C35H53N5O5/c1-4-14-29(34(43)44)38-33(42)31(24-27-17-9-6-10-18-27)40(35(45)37-25(2)3)39-30(23-26-15-7-5-8-16-26)32(41)21-13-20-28-19-11-12-22-36-28/h6,9-12,17-19,22,25-26,29-32,39,41H,4-5,7-8,13-16,20-21,23-24H2,1-3H3,(H,37,45)(H,38,42)(H,43,44)/t29-,30-,31-,32+/m0/s1. The highest BCUT2D eigenvalue weighted by Gasteiger charge is 2.36. The van der Waals surface area contributed by atoms with Gasteiger partial charge in [0.15, 0.2) is 0 Å². The number of nitrogens with one attached hydrogen (secondary N) is 3. The highest BCUT2D eigenvalue weighted by molar-refractivity contribution is 5.90. The molecule has 10 nitrogen and oxygen atoms in total. The zero-order valence-electron chi connectivity index (χ0n) is 27.2. The molecule has 248 valence electrons. The van der Waals surface area contributed by atoms with Crippen LogP contribution in [0.3, 0.4) is 0 Å². The van der Waals surface area contributed by atoms with Crippen LogP contribution >= 0.6 is 0 Å². The maximum absolute atomic E-state index is 13.9. The second-order valence-electron chi connectivity index (χ2n) is 12.6. The van der Waals surface area contributed by atoms with Gasteiger partial charge in [0, 0.05) is 24.4 Å². The number of aryl methyl sites for hydroxylation is 1. The number of benzene rings is 1. The van der Waals surface area contributed by atoms with Crippen LogP contribution in [0.2, 0.25) is 0 Å². The number of urea groups is 1. The van der Waals surface area contributed by atoms with Crippen molar-refractivity contribution in [3.8, 4) is 0 Å². The van der Waals surface area contributed by atoms with Gasteiger partial charge in [-0.25, -0.2) is 20.0 Å². The number of hydrogen-bond acceptors (Lipinski definition) is 6. The monoisotopic (exact) mass is 623 g/mol. The van der Waals surface area contributed by atoms with Crippen molar-refractivity contribution in [2.24, 2.45) is 5.92 Å². The molecule has 10 heteroatoms. The Hall–Kier alpha value is -3.50. The van der Waals surface area contributed by atoms with E-state index in [2.05, 4.69) is 21.0 Å². The van der Waals surface area contributed by atoms with Gasteiger partial charge in [0.2, 0.25) is 5.91 Å². The van der Waals surface area contributed by atoms with E-state index in [1.807, 2.05) is 69.3 Å². The number of aliphatic carboxylic acids is 1. The number of rotatable bonds is 18. The molecule has 1 aromatic carbocycles. The molecule has 1 aliphatic carbocycles. The van der Waals surface area contributed by atoms with Crippen molar-refractivity contribution in [1.82, 2.24) is 26.1 Å². The number of carboxylic acid groups (broad SMARTS) is 1. The number of carbonyl (C=O) groups excluding carboxylic acids is 2. The summed E-state index contributed by atoms with van der Waals surface area (Å²) in [5, 5.41) is 28.3. The summed E-state index contributed by atoms with van der Waals surface area (Å²) < 4.78 is 0. The lowest BCUT2D eigenvalue weighted by Crippen LogP contribution is -2.64. The summed E-state index contributed by atoms with van der Waals surface area (Å²) in [7, 11) is 0. The molecule has 0 bridgehead atoms. The van der Waals surface area contributed by atoms with Crippen LogP contribution in [0.5, 0.6) is 0 Å². The first-order valence-corrected chi connectivity index (χ1v) is 16.7. The van der Waals surface area contributed by atoms with Crippen molar-refractivity contribution in [1.29, 1.82) is 0 Å². The summed E-state index contributed by atoms with van der Waals surface area (Å²) in [6.07, 6.45) is 10.2. The number of carboxylic acids is 1. The molecule has 0 saturated heterocycles. The van der Waals surface area contributed by atoms with Gasteiger partial charge in [-0.15, -0.1) is 0 Å². The van der Waals surface area contributed by atoms with E-state index in [9.17, 15) is 24.6 Å². The van der Waals surface area contributed by atoms with Crippen LogP contribution in [-0.4, -0.2) is 68.4 Å². The van der Waals surface area contributed by atoms with E-state index < -0.39 is 42.1 Å². The second kappa shape index (κ2) is 19.1. The van der Waals surface area contributed by atoms with Crippen molar-refractivity contribution in [2.75, 3.05) is 0 Å². The molecule has 5 N–H and O–H groups in total. The van der Waals surface area contributed by atoms with Crippen molar-refractivity contribution >= 4 is 17.9 Å². The molecule has 1 heterocycles. The van der Waals surface area contributed by atoms with E-state index in [-0.39, 0.29) is 18.9 Å². The number of aromatic nitrogens is 1. The first kappa shape index (κ1) is 36.0. The molecule has 0 radical (unpaired) electrons. The Bertz CT molecular complexity index is 1160. The summed E-state index contributed by atoms with van der Waals surface area (Å²) in [5.41, 5.74) is 5.12. The van der Waals surface area contributed by atoms with Crippen LogP contribution < -0.4 is 16.1 Å². The number of aliphatic hydroxyl groups excluding tert-OH is 1. The van der Waals surface area contributed by atoms with Gasteiger partial charge in [0.1, 0.15) is 12.1 Å². The van der Waals surface area contributed by atoms with E-state index in [0.717, 1.165) is 43.4 Å². The van der Waals surface area contributed by atoms with Crippen molar-refractivity contribution < 1.29 is 24.6 Å². The number of nitrogens with zero attached hydrogens (tertiary/aromatic N) is 2. The predicted octanol–water partition coefficient (Wildman–Crippen LogP) is 5.01. The van der Waals surface area contributed by atoms with Crippen molar-refractivity contribution in [3.05, 3.63) is 66.0 Å². The Morgan fingerprint density at radius 1 is 0.978 bits per heavy atom. The predicted molar refractivity (Wildman–Crippen MR) is 175 cm³/mol. The summed E-state index contributed by atoms with van der Waals surface area (Å²) in [4.78, 5) is 44.2. The minimum atomic E-state index is -1.12. The van der Waals surface area contributed by atoms with Gasteiger partial charge < -0.3 is 20.8 Å². The topological polar surface area (TPSA) is 144 Å². The summed E-state index contributed by atoms with van der Waals surface area (Å²) in [5.74, 6) is -1.29. The number of pyridine rings is 1. The Morgan fingerprint density at radius 2 is 1.69 bits per heavy atom. The lowest BCUT2D eigenvalue weighted by atomic mass is 9.83.